The van der Waals surface area contributed by atoms with Crippen molar-refractivity contribution in [3.63, 3.8) is 0 Å². The lowest BCUT2D eigenvalue weighted by atomic mass is 10.0. The van der Waals surface area contributed by atoms with Gasteiger partial charge in [-0.15, -0.1) is 0 Å². The van der Waals surface area contributed by atoms with Gasteiger partial charge in [0.2, 0.25) is 0 Å². The highest BCUT2D eigenvalue weighted by Gasteiger charge is 2.41. The van der Waals surface area contributed by atoms with Gasteiger partial charge in [0.1, 0.15) is 5.85 Å². The number of aliphatic hydroxyl groups excluding tert-OH is 2. The van der Waals surface area contributed by atoms with Crippen LogP contribution in [0.2, 0.25) is 0 Å². The lowest BCUT2D eigenvalue weighted by Crippen LogP contribution is -2.22. The smallest absolute Gasteiger partial charge is 0.260 e. The van der Waals surface area contributed by atoms with E-state index in [0.717, 1.165) is 0 Å². The van der Waals surface area contributed by atoms with Gasteiger partial charge in [-0.05, 0) is 12.0 Å². The van der Waals surface area contributed by atoms with Crippen LogP contribution in [0.1, 0.15) is 17.8 Å². The summed E-state index contributed by atoms with van der Waals surface area (Å²) in [4.78, 5) is 10.1. The van der Waals surface area contributed by atoms with Crippen LogP contribution in [0.15, 0.2) is 54.6 Å². The molecule has 0 bridgehead atoms. The monoisotopic (exact) mass is 280 g/mol. The van der Waals surface area contributed by atoms with Crippen LogP contribution in [0.4, 0.5) is 0 Å². The molecule has 0 saturated heterocycles. The Kier molecular flexibility index (Phi) is 4.38. The van der Waals surface area contributed by atoms with Crippen LogP contribution < -0.4 is 0 Å². The van der Waals surface area contributed by atoms with Gasteiger partial charge >= 0.3 is 0 Å². The lowest BCUT2D eigenvalue weighted by molar-refractivity contribution is 0.159. The van der Waals surface area contributed by atoms with E-state index in [1.54, 1.807) is 42.5 Å². The number of hydrogen-bond donors (Lipinski definition) is 3. The molecule has 2 rings (SSSR count). The van der Waals surface area contributed by atoms with Crippen molar-refractivity contribution < 1.29 is 19.7 Å². The van der Waals surface area contributed by atoms with E-state index in [2.05, 4.69) is 0 Å². The van der Waals surface area contributed by atoms with Crippen molar-refractivity contribution in [2.45, 2.75) is 18.1 Å². The van der Waals surface area contributed by atoms with E-state index >= 15 is 0 Å². The van der Waals surface area contributed by atoms with Crippen LogP contribution in [0, 0.1) is 5.92 Å². The predicted molar refractivity (Wildman–Crippen MR) is 73.6 cm³/mol. The van der Waals surface area contributed by atoms with Crippen molar-refractivity contribution in [1.82, 2.24) is 0 Å². The van der Waals surface area contributed by atoms with E-state index in [1.165, 1.54) is 0 Å². The second-order valence-corrected chi connectivity index (χ2v) is 6.95. The lowest BCUT2D eigenvalue weighted by Gasteiger charge is -2.28. The van der Waals surface area contributed by atoms with Crippen LogP contribution in [0.25, 0.3) is 0 Å². The highest BCUT2D eigenvalue weighted by molar-refractivity contribution is 7.58. The molecule has 0 amide bonds. The van der Waals surface area contributed by atoms with Gasteiger partial charge in [-0.3, -0.25) is 4.57 Å². The maximum Gasteiger partial charge on any atom is 0.260 e. The molecule has 0 radical (unpaired) electrons. The van der Waals surface area contributed by atoms with Gasteiger partial charge in [-0.25, -0.2) is 0 Å². The molecule has 0 aromatic heterocycles. The summed E-state index contributed by atoms with van der Waals surface area (Å²) in [7, 11) is -4.14. The van der Waals surface area contributed by atoms with Crippen LogP contribution in [-0.4, -0.2) is 21.0 Å². The van der Waals surface area contributed by atoms with E-state index in [0.29, 0.717) is 12.0 Å². The zero-order valence-corrected chi connectivity index (χ0v) is 11.2. The second kappa shape index (κ2) is 5.85. The third-order valence-corrected chi connectivity index (χ3v) is 5.36. The molecule has 102 valence electrons. The number of benzene rings is 1. The maximum atomic E-state index is 12.3. The van der Waals surface area contributed by atoms with Gasteiger partial charge in [0.15, 0.2) is 5.85 Å². The molecule has 0 fully saturated rings. The van der Waals surface area contributed by atoms with Crippen LogP contribution in [0.5, 0.6) is 0 Å². The summed E-state index contributed by atoms with van der Waals surface area (Å²) in [5.74, 6) is -3.48. The molecule has 1 aliphatic rings. The third-order valence-electron chi connectivity index (χ3n) is 3.22. The molecule has 1 aliphatic carbocycles. The van der Waals surface area contributed by atoms with Gasteiger partial charge in [0.05, 0.1) is 0 Å². The Labute approximate surface area is 112 Å². The summed E-state index contributed by atoms with van der Waals surface area (Å²) in [6, 6.07) is 8.24. The average Bonchev–Trinajstić information content (AvgIpc) is 2.47. The average molecular weight is 280 g/mol. The van der Waals surface area contributed by atoms with Gasteiger partial charge in [-0.2, -0.15) is 0 Å². The minimum absolute atomic E-state index is 0.336. The first-order valence-corrected chi connectivity index (χ1v) is 7.90. The third kappa shape index (κ3) is 3.04. The van der Waals surface area contributed by atoms with E-state index in [-0.39, 0.29) is 0 Å². The van der Waals surface area contributed by atoms with Crippen LogP contribution in [0.3, 0.4) is 0 Å². The molecular formula is C14H17O4P. The van der Waals surface area contributed by atoms with E-state index in [9.17, 15) is 19.7 Å². The molecule has 5 heteroatoms. The van der Waals surface area contributed by atoms with E-state index in [4.69, 9.17) is 0 Å². The van der Waals surface area contributed by atoms with Crippen LogP contribution >= 0.6 is 7.37 Å². The topological polar surface area (TPSA) is 77.8 Å². The summed E-state index contributed by atoms with van der Waals surface area (Å²) >= 11 is 0. The Morgan fingerprint density at radius 3 is 2.42 bits per heavy atom. The molecule has 0 spiro atoms. The molecular weight excluding hydrogens is 263 g/mol. The molecule has 0 heterocycles. The predicted octanol–water partition coefficient (Wildman–Crippen LogP) is 2.40. The number of rotatable bonds is 4. The molecule has 0 saturated carbocycles. The van der Waals surface area contributed by atoms with Gasteiger partial charge in [0, 0.05) is 5.92 Å². The van der Waals surface area contributed by atoms with Crippen molar-refractivity contribution in [3.05, 3.63) is 60.2 Å². The molecule has 3 N–H and O–H groups in total. The Bertz CT molecular complexity index is 524. The normalized spacial score (nSPS) is 24.7. The zero-order valence-electron chi connectivity index (χ0n) is 10.3. The van der Waals surface area contributed by atoms with Crippen molar-refractivity contribution in [1.29, 1.82) is 0 Å². The van der Waals surface area contributed by atoms with Crippen molar-refractivity contribution >= 4 is 7.37 Å². The Morgan fingerprint density at radius 2 is 1.84 bits per heavy atom. The fraction of sp³-hybridized carbons (Fsp3) is 0.286. The summed E-state index contributed by atoms with van der Waals surface area (Å²) in [5.41, 5.74) is 0.336. The number of allylic oxidation sites excluding steroid dienone is 3. The summed E-state index contributed by atoms with van der Waals surface area (Å²) in [5, 5.41) is 20.1. The highest BCUT2D eigenvalue weighted by Crippen LogP contribution is 2.59. The summed E-state index contributed by atoms with van der Waals surface area (Å²) < 4.78 is 12.3. The van der Waals surface area contributed by atoms with Gasteiger partial charge < -0.3 is 15.1 Å². The van der Waals surface area contributed by atoms with Crippen molar-refractivity contribution in [3.8, 4) is 0 Å². The molecule has 1 aromatic rings. The maximum absolute atomic E-state index is 12.3. The second-order valence-electron chi connectivity index (χ2n) is 4.58. The minimum Gasteiger partial charge on any atom is -0.382 e. The molecule has 4 unspecified atom stereocenters. The fourth-order valence-electron chi connectivity index (χ4n) is 2.08. The minimum atomic E-state index is -4.14. The fourth-order valence-corrected chi connectivity index (χ4v) is 3.74. The zero-order chi connectivity index (χ0) is 13.9. The first kappa shape index (κ1) is 14.2. The number of hydrogen-bond acceptors (Lipinski definition) is 3. The first-order valence-electron chi connectivity index (χ1n) is 6.10. The Balaban J connectivity index is 2.19. The SMILES string of the molecule is O=P(O)(C(O)c1ccccc1)C(O)C1C=CC=CC1. The summed E-state index contributed by atoms with van der Waals surface area (Å²) in [6.07, 6.45) is 7.54. The molecule has 0 aliphatic heterocycles. The van der Waals surface area contributed by atoms with Crippen molar-refractivity contribution in [2.24, 2.45) is 5.92 Å². The Morgan fingerprint density at radius 1 is 1.16 bits per heavy atom. The van der Waals surface area contributed by atoms with Crippen molar-refractivity contribution in [2.75, 3.05) is 0 Å². The van der Waals surface area contributed by atoms with Gasteiger partial charge in [0.25, 0.3) is 7.37 Å². The molecule has 4 atom stereocenters. The standard InChI is InChI=1S/C14H17O4P/c15-13(11-7-3-1-4-8-11)19(17,18)14(16)12-9-5-2-6-10-12/h1-9,12-16H,10H2,(H,17,18). The first-order chi connectivity index (χ1) is 9.03. The molecule has 19 heavy (non-hydrogen) atoms. The Hall–Kier alpha value is -1.19. The van der Waals surface area contributed by atoms with Gasteiger partial charge in [-0.1, -0.05) is 54.6 Å². The number of aliphatic hydroxyl groups is 2. The van der Waals surface area contributed by atoms with Crippen LogP contribution in [-0.2, 0) is 4.57 Å². The molecule has 4 nitrogen and oxygen atoms in total. The largest absolute Gasteiger partial charge is 0.382 e. The summed E-state index contributed by atoms with van der Waals surface area (Å²) in [6.45, 7) is 0. The van der Waals surface area contributed by atoms with E-state index in [1.807, 2.05) is 12.2 Å². The molecule has 1 aromatic carbocycles. The van der Waals surface area contributed by atoms with E-state index < -0.39 is 25.0 Å². The highest BCUT2D eigenvalue weighted by atomic mass is 31.2. The quantitative estimate of drug-likeness (QED) is 0.740.